The smallest absolute Gasteiger partial charge is 0.275 e. The van der Waals surface area contributed by atoms with Crippen LogP contribution in [0.5, 0.6) is 11.5 Å². The number of H-pyrrole nitrogens is 1. The van der Waals surface area contributed by atoms with Gasteiger partial charge in [0.25, 0.3) is 5.56 Å². The number of methoxy groups -OCH3 is 2. The Labute approximate surface area is 231 Å². The number of hydrogen-bond acceptors (Lipinski definition) is 6. The van der Waals surface area contributed by atoms with E-state index in [9.17, 15) is 9.59 Å². The van der Waals surface area contributed by atoms with Gasteiger partial charge in [0.2, 0.25) is 5.91 Å². The molecule has 0 saturated carbocycles. The fraction of sp³-hybridized carbons (Fsp3) is 0.267. The van der Waals surface area contributed by atoms with Gasteiger partial charge in [-0.1, -0.05) is 29.8 Å². The van der Waals surface area contributed by atoms with Crippen LogP contribution in [0.4, 0.5) is 0 Å². The maximum atomic E-state index is 13.2. The minimum Gasteiger partial charge on any atom is -0.493 e. The Bertz CT molecular complexity index is 1710. The third-order valence-electron chi connectivity index (χ3n) is 6.89. The Kier molecular flexibility index (Phi) is 7.68. The largest absolute Gasteiger partial charge is 0.493 e. The fourth-order valence-electron chi connectivity index (χ4n) is 4.91. The second-order valence-electron chi connectivity index (χ2n) is 9.64. The summed E-state index contributed by atoms with van der Waals surface area (Å²) < 4.78 is 14.7. The molecule has 0 fully saturated rings. The molecule has 2 N–H and O–H groups in total. The van der Waals surface area contributed by atoms with Crippen molar-refractivity contribution in [2.45, 2.75) is 32.9 Å². The van der Waals surface area contributed by atoms with Crippen molar-refractivity contribution in [1.29, 1.82) is 0 Å². The lowest BCUT2D eigenvalue weighted by Gasteiger charge is -2.14. The van der Waals surface area contributed by atoms with Crippen LogP contribution in [-0.4, -0.2) is 44.4 Å². The number of ether oxygens (including phenoxy) is 2. The Morgan fingerprint density at radius 1 is 1.05 bits per heavy atom. The molecule has 2 aromatic carbocycles. The van der Waals surface area contributed by atoms with E-state index in [0.29, 0.717) is 48.5 Å². The predicted molar refractivity (Wildman–Crippen MR) is 153 cm³/mol. The summed E-state index contributed by atoms with van der Waals surface area (Å²) in [6.45, 7) is 2.92. The van der Waals surface area contributed by atoms with Crippen LogP contribution in [0.25, 0.3) is 33.4 Å². The van der Waals surface area contributed by atoms with Crippen LogP contribution in [0.15, 0.2) is 66.0 Å². The number of fused-ring (bicyclic) bond motifs is 1. The topological polar surface area (TPSA) is 116 Å². The highest BCUT2D eigenvalue weighted by atomic mass is 16.5. The first-order valence-corrected chi connectivity index (χ1v) is 13.0. The number of hydrogen-bond donors (Lipinski definition) is 2. The van der Waals surface area contributed by atoms with Gasteiger partial charge in [-0.15, -0.1) is 0 Å². The molecule has 40 heavy (non-hydrogen) atoms. The Balaban J connectivity index is 1.52. The van der Waals surface area contributed by atoms with Gasteiger partial charge < -0.3 is 24.3 Å². The minimum absolute atomic E-state index is 0.0516. The number of benzene rings is 2. The standard InChI is InChI=1S/C30H32N6O4/c1-19-7-9-20(10-8-19)15-31-25(37)6-5-13-36-28(21-11-12-23(39-3)24(14-21)40-4)26(22-16-34-35(2)17-22)27-29(36)30(38)33-18-32-27/h7-12,14,16-18H,5-6,13,15H2,1-4H3,(H,31,37)(H,32,33,38). The molecule has 0 spiro atoms. The summed E-state index contributed by atoms with van der Waals surface area (Å²) in [5.74, 6) is 1.11. The van der Waals surface area contributed by atoms with Gasteiger partial charge in [-0.05, 0) is 37.1 Å². The average molecular weight is 541 g/mol. The van der Waals surface area contributed by atoms with Gasteiger partial charge in [0.05, 0.1) is 32.4 Å². The van der Waals surface area contributed by atoms with Crippen molar-refractivity contribution in [3.05, 3.63) is 82.7 Å². The van der Waals surface area contributed by atoms with Crippen LogP contribution < -0.4 is 20.3 Å². The lowest BCUT2D eigenvalue weighted by Crippen LogP contribution is -2.23. The summed E-state index contributed by atoms with van der Waals surface area (Å²) in [5.41, 5.74) is 6.17. The summed E-state index contributed by atoms with van der Waals surface area (Å²) in [6.07, 6.45) is 5.88. The van der Waals surface area contributed by atoms with Crippen molar-refractivity contribution >= 4 is 16.9 Å². The van der Waals surface area contributed by atoms with Crippen molar-refractivity contribution in [2.75, 3.05) is 14.2 Å². The number of aromatic amines is 1. The van der Waals surface area contributed by atoms with Gasteiger partial charge >= 0.3 is 0 Å². The number of aromatic nitrogens is 5. The quantitative estimate of drug-likeness (QED) is 0.274. The molecule has 0 aliphatic carbocycles. The zero-order chi connectivity index (χ0) is 28.2. The van der Waals surface area contributed by atoms with Crippen molar-refractivity contribution in [1.82, 2.24) is 29.6 Å². The van der Waals surface area contributed by atoms with Crippen LogP contribution in [0.3, 0.4) is 0 Å². The van der Waals surface area contributed by atoms with E-state index in [2.05, 4.69) is 20.4 Å². The van der Waals surface area contributed by atoms with Crippen LogP contribution in [-0.2, 0) is 24.9 Å². The minimum atomic E-state index is -0.259. The number of carbonyl (C=O) groups excluding carboxylic acids is 1. The fourth-order valence-corrected chi connectivity index (χ4v) is 4.91. The molecule has 3 aromatic heterocycles. The molecule has 0 radical (unpaired) electrons. The molecule has 10 heteroatoms. The van der Waals surface area contributed by atoms with E-state index in [1.54, 1.807) is 25.1 Å². The first-order chi connectivity index (χ1) is 19.4. The van der Waals surface area contributed by atoms with Crippen LogP contribution in [0.2, 0.25) is 0 Å². The zero-order valence-electron chi connectivity index (χ0n) is 23.0. The average Bonchev–Trinajstić information content (AvgIpc) is 3.53. The first-order valence-electron chi connectivity index (χ1n) is 13.0. The maximum Gasteiger partial charge on any atom is 0.275 e. The van der Waals surface area contributed by atoms with Gasteiger partial charge in [-0.2, -0.15) is 5.10 Å². The summed E-state index contributed by atoms with van der Waals surface area (Å²) in [4.78, 5) is 33.2. The molecule has 1 amide bonds. The number of aryl methyl sites for hydroxylation is 3. The Morgan fingerprint density at radius 3 is 2.52 bits per heavy atom. The van der Waals surface area contributed by atoms with Crippen LogP contribution in [0, 0.1) is 6.92 Å². The molecule has 5 aromatic rings. The summed E-state index contributed by atoms with van der Waals surface area (Å²) in [5, 5.41) is 7.35. The second-order valence-corrected chi connectivity index (χ2v) is 9.64. The number of nitrogens with zero attached hydrogens (tertiary/aromatic N) is 4. The Hall–Kier alpha value is -4.86. The predicted octanol–water partition coefficient (Wildman–Crippen LogP) is 4.21. The monoisotopic (exact) mass is 540 g/mol. The van der Waals surface area contributed by atoms with E-state index in [1.807, 2.05) is 67.2 Å². The lowest BCUT2D eigenvalue weighted by molar-refractivity contribution is -0.121. The summed E-state index contributed by atoms with van der Waals surface area (Å²) >= 11 is 0. The van der Waals surface area contributed by atoms with E-state index in [0.717, 1.165) is 27.9 Å². The van der Waals surface area contributed by atoms with Gasteiger partial charge in [0.15, 0.2) is 11.5 Å². The van der Waals surface area contributed by atoms with E-state index in [-0.39, 0.29) is 11.5 Å². The number of carbonyl (C=O) groups is 1. The van der Waals surface area contributed by atoms with E-state index < -0.39 is 0 Å². The number of rotatable bonds is 10. The molecule has 0 atom stereocenters. The molecule has 10 nitrogen and oxygen atoms in total. The van der Waals surface area contributed by atoms with Gasteiger partial charge in [-0.25, -0.2) is 4.98 Å². The first kappa shape index (κ1) is 26.7. The van der Waals surface area contributed by atoms with E-state index >= 15 is 0 Å². The highest BCUT2D eigenvalue weighted by Crippen LogP contribution is 2.41. The van der Waals surface area contributed by atoms with Gasteiger partial charge in [-0.3, -0.25) is 14.3 Å². The molecule has 5 rings (SSSR count). The third-order valence-corrected chi connectivity index (χ3v) is 6.89. The summed E-state index contributed by atoms with van der Waals surface area (Å²) in [7, 11) is 5.01. The zero-order valence-corrected chi connectivity index (χ0v) is 23.0. The molecular formula is C30H32N6O4. The maximum absolute atomic E-state index is 13.2. The molecular weight excluding hydrogens is 508 g/mol. The van der Waals surface area contributed by atoms with Crippen molar-refractivity contribution in [3.63, 3.8) is 0 Å². The molecule has 0 unspecified atom stereocenters. The molecule has 0 aliphatic heterocycles. The molecule has 0 saturated heterocycles. The molecule has 0 bridgehead atoms. The highest BCUT2D eigenvalue weighted by Gasteiger charge is 2.25. The third kappa shape index (κ3) is 5.33. The van der Waals surface area contributed by atoms with E-state index in [1.165, 1.54) is 11.9 Å². The van der Waals surface area contributed by atoms with Crippen molar-refractivity contribution in [2.24, 2.45) is 7.05 Å². The van der Waals surface area contributed by atoms with Crippen LogP contribution in [0.1, 0.15) is 24.0 Å². The number of amides is 1. The van der Waals surface area contributed by atoms with Gasteiger partial charge in [0.1, 0.15) is 11.0 Å². The van der Waals surface area contributed by atoms with E-state index in [4.69, 9.17) is 9.47 Å². The molecule has 3 heterocycles. The normalized spacial score (nSPS) is 11.1. The molecule has 206 valence electrons. The summed E-state index contributed by atoms with van der Waals surface area (Å²) in [6, 6.07) is 13.7. The van der Waals surface area contributed by atoms with Crippen molar-refractivity contribution < 1.29 is 14.3 Å². The highest BCUT2D eigenvalue weighted by molar-refractivity contribution is 6.02. The molecule has 0 aliphatic rings. The Morgan fingerprint density at radius 2 is 1.82 bits per heavy atom. The number of nitrogens with one attached hydrogen (secondary N) is 2. The second kappa shape index (κ2) is 11.5. The van der Waals surface area contributed by atoms with Crippen LogP contribution >= 0.6 is 0 Å². The van der Waals surface area contributed by atoms with Crippen molar-refractivity contribution in [3.8, 4) is 33.9 Å². The van der Waals surface area contributed by atoms with Gasteiger partial charge in [0, 0.05) is 49.4 Å². The lowest BCUT2D eigenvalue weighted by atomic mass is 10.0. The SMILES string of the molecule is COc1ccc(-c2c(-c3cnn(C)c3)c3nc[nH]c(=O)c3n2CCCC(=O)NCc2ccc(C)cc2)cc1OC.